The maximum atomic E-state index is 11.0. The summed E-state index contributed by atoms with van der Waals surface area (Å²) in [5.41, 5.74) is 0.727. The van der Waals surface area contributed by atoms with Crippen LogP contribution in [-0.4, -0.2) is 31.0 Å². The molecule has 0 aliphatic heterocycles. The molecule has 0 spiro atoms. The van der Waals surface area contributed by atoms with Crippen LogP contribution >= 0.6 is 15.9 Å². The van der Waals surface area contributed by atoms with Crippen molar-refractivity contribution < 1.29 is 14.8 Å². The number of benzene rings is 1. The van der Waals surface area contributed by atoms with Gasteiger partial charge in [-0.25, -0.2) is 9.48 Å². The Morgan fingerprint density at radius 2 is 2.25 bits per heavy atom. The van der Waals surface area contributed by atoms with Crippen molar-refractivity contribution in [3.63, 3.8) is 0 Å². The molecule has 8 nitrogen and oxygen atoms in total. The molecule has 1 aromatic heterocycles. The van der Waals surface area contributed by atoms with Gasteiger partial charge in [0.2, 0.25) is 0 Å². The van der Waals surface area contributed by atoms with Crippen molar-refractivity contribution in [2.45, 2.75) is 13.3 Å². The van der Waals surface area contributed by atoms with E-state index in [0.717, 1.165) is 0 Å². The minimum atomic E-state index is -1.16. The van der Waals surface area contributed by atoms with Gasteiger partial charge >= 0.3 is 5.97 Å². The van der Waals surface area contributed by atoms with Gasteiger partial charge in [0.15, 0.2) is 5.69 Å². The first-order chi connectivity index (χ1) is 9.45. The molecule has 0 radical (unpaired) electrons. The Morgan fingerprint density at radius 1 is 1.55 bits per heavy atom. The summed E-state index contributed by atoms with van der Waals surface area (Å²) in [5.74, 6) is -1.16. The van der Waals surface area contributed by atoms with Crippen LogP contribution in [0.1, 0.15) is 23.1 Å². The van der Waals surface area contributed by atoms with Crippen LogP contribution < -0.4 is 0 Å². The molecule has 0 saturated carbocycles. The lowest BCUT2D eigenvalue weighted by Crippen LogP contribution is -2.06. The third-order valence-corrected chi connectivity index (χ3v) is 3.31. The first-order valence-electron chi connectivity index (χ1n) is 5.57. The molecule has 2 aromatic rings. The Labute approximate surface area is 121 Å². The summed E-state index contributed by atoms with van der Waals surface area (Å²) in [6.45, 7) is 1.78. The van der Waals surface area contributed by atoms with Gasteiger partial charge in [0.05, 0.1) is 20.8 Å². The van der Waals surface area contributed by atoms with E-state index in [9.17, 15) is 14.9 Å². The van der Waals surface area contributed by atoms with E-state index in [2.05, 4.69) is 26.2 Å². The molecule has 9 heteroatoms. The van der Waals surface area contributed by atoms with Gasteiger partial charge in [0, 0.05) is 6.07 Å². The molecule has 0 unspecified atom stereocenters. The maximum absolute atomic E-state index is 11.0. The summed E-state index contributed by atoms with van der Waals surface area (Å²) >= 11 is 3.11. The van der Waals surface area contributed by atoms with Gasteiger partial charge < -0.3 is 5.11 Å². The summed E-state index contributed by atoms with van der Waals surface area (Å²) in [6, 6.07) is 4.31. The van der Waals surface area contributed by atoms with Crippen LogP contribution in [0.3, 0.4) is 0 Å². The highest BCUT2D eigenvalue weighted by molar-refractivity contribution is 9.10. The molecule has 0 aliphatic carbocycles. The smallest absolute Gasteiger partial charge is 0.358 e. The molecule has 0 bridgehead atoms. The normalized spacial score (nSPS) is 10.5. The van der Waals surface area contributed by atoms with E-state index in [1.807, 2.05) is 0 Å². The minimum Gasteiger partial charge on any atom is -0.476 e. The van der Waals surface area contributed by atoms with Gasteiger partial charge in [-0.1, -0.05) is 12.1 Å². The zero-order valence-corrected chi connectivity index (χ0v) is 11.9. The van der Waals surface area contributed by atoms with E-state index in [-0.39, 0.29) is 15.9 Å². The van der Waals surface area contributed by atoms with Crippen molar-refractivity contribution in [3.8, 4) is 5.69 Å². The van der Waals surface area contributed by atoms with Gasteiger partial charge in [0.1, 0.15) is 0 Å². The van der Waals surface area contributed by atoms with Gasteiger partial charge in [-0.2, -0.15) is 0 Å². The molecule has 20 heavy (non-hydrogen) atoms. The first kappa shape index (κ1) is 14.1. The number of carboxylic acid groups (broad SMARTS) is 1. The topological polar surface area (TPSA) is 111 Å². The quantitative estimate of drug-likeness (QED) is 0.674. The number of nitro groups is 1. The number of halogens is 1. The lowest BCUT2D eigenvalue weighted by atomic mass is 10.2. The zero-order chi connectivity index (χ0) is 14.9. The van der Waals surface area contributed by atoms with Crippen LogP contribution in [0.5, 0.6) is 0 Å². The molecule has 104 valence electrons. The number of aromatic nitrogens is 3. The molecule has 1 aromatic carbocycles. The summed E-state index contributed by atoms with van der Waals surface area (Å²) in [4.78, 5) is 21.3. The monoisotopic (exact) mass is 340 g/mol. The second-order valence-corrected chi connectivity index (χ2v) is 4.70. The Kier molecular flexibility index (Phi) is 3.79. The van der Waals surface area contributed by atoms with Crippen LogP contribution in [0.2, 0.25) is 0 Å². The molecular weight excluding hydrogens is 332 g/mol. The van der Waals surface area contributed by atoms with E-state index < -0.39 is 10.9 Å². The van der Waals surface area contributed by atoms with E-state index in [1.165, 1.54) is 22.9 Å². The third-order valence-electron chi connectivity index (χ3n) is 2.67. The van der Waals surface area contributed by atoms with E-state index in [0.29, 0.717) is 17.8 Å². The Balaban J connectivity index is 2.55. The highest BCUT2D eigenvalue weighted by atomic mass is 79.9. The van der Waals surface area contributed by atoms with Crippen LogP contribution in [0.15, 0.2) is 22.7 Å². The molecular formula is C11H9BrN4O4. The van der Waals surface area contributed by atoms with Crippen LogP contribution in [0.25, 0.3) is 5.69 Å². The first-order valence-corrected chi connectivity index (χ1v) is 6.37. The highest BCUT2D eigenvalue weighted by Gasteiger charge is 2.20. The molecule has 0 atom stereocenters. The number of nitro benzene ring substituents is 1. The van der Waals surface area contributed by atoms with Gasteiger partial charge in [-0.15, -0.1) is 5.10 Å². The Morgan fingerprint density at radius 3 is 2.75 bits per heavy atom. The molecule has 0 fully saturated rings. The predicted octanol–water partition coefficient (Wildman–Crippen LogP) is 2.20. The number of nitrogens with zero attached hydrogens (tertiary/aromatic N) is 4. The van der Waals surface area contributed by atoms with Crippen molar-refractivity contribution in [2.75, 3.05) is 0 Å². The second-order valence-electron chi connectivity index (χ2n) is 3.85. The average molecular weight is 341 g/mol. The van der Waals surface area contributed by atoms with E-state index >= 15 is 0 Å². The summed E-state index contributed by atoms with van der Waals surface area (Å²) in [7, 11) is 0. The SMILES string of the molecule is CCc1c(C(=O)O)nnn1-c1ccc([N+](=O)[O-])c(Br)c1. The lowest BCUT2D eigenvalue weighted by molar-refractivity contribution is -0.385. The summed E-state index contributed by atoms with van der Waals surface area (Å²) in [5, 5.41) is 27.2. The molecule has 0 aliphatic rings. The Hall–Kier alpha value is -2.29. The molecule has 0 saturated heterocycles. The van der Waals surface area contributed by atoms with Gasteiger partial charge in [-0.3, -0.25) is 10.1 Å². The highest BCUT2D eigenvalue weighted by Crippen LogP contribution is 2.27. The van der Waals surface area contributed by atoms with Gasteiger partial charge in [-0.05, 0) is 34.5 Å². The summed E-state index contributed by atoms with van der Waals surface area (Å²) < 4.78 is 1.65. The van der Waals surface area contributed by atoms with Crippen LogP contribution in [0.4, 0.5) is 5.69 Å². The van der Waals surface area contributed by atoms with Crippen molar-refractivity contribution in [1.82, 2.24) is 15.0 Å². The molecule has 0 amide bonds. The number of carbonyl (C=O) groups is 1. The number of rotatable bonds is 4. The molecule has 2 rings (SSSR count). The fraction of sp³-hybridized carbons (Fsp3) is 0.182. The Bertz CT molecular complexity index is 698. The second kappa shape index (κ2) is 5.37. The molecule has 1 heterocycles. The maximum Gasteiger partial charge on any atom is 0.358 e. The van der Waals surface area contributed by atoms with Gasteiger partial charge in [0.25, 0.3) is 5.69 Å². The van der Waals surface area contributed by atoms with Crippen LogP contribution in [0, 0.1) is 10.1 Å². The zero-order valence-electron chi connectivity index (χ0n) is 10.3. The number of carboxylic acids is 1. The number of aromatic carboxylic acids is 1. The molecule has 1 N–H and O–H groups in total. The minimum absolute atomic E-state index is 0.0784. The van der Waals surface area contributed by atoms with E-state index in [4.69, 9.17) is 5.11 Å². The van der Waals surface area contributed by atoms with Crippen molar-refractivity contribution >= 4 is 27.6 Å². The van der Waals surface area contributed by atoms with Crippen molar-refractivity contribution in [3.05, 3.63) is 44.2 Å². The predicted molar refractivity (Wildman–Crippen MR) is 72.1 cm³/mol. The number of hydrogen-bond donors (Lipinski definition) is 1. The van der Waals surface area contributed by atoms with E-state index in [1.54, 1.807) is 6.92 Å². The largest absolute Gasteiger partial charge is 0.476 e. The lowest BCUT2D eigenvalue weighted by Gasteiger charge is -2.05. The third kappa shape index (κ3) is 2.39. The number of hydrogen-bond acceptors (Lipinski definition) is 5. The average Bonchev–Trinajstić information content (AvgIpc) is 2.81. The van der Waals surface area contributed by atoms with Crippen LogP contribution in [-0.2, 0) is 6.42 Å². The fourth-order valence-electron chi connectivity index (χ4n) is 1.77. The van der Waals surface area contributed by atoms with Crippen molar-refractivity contribution in [1.29, 1.82) is 0 Å². The fourth-order valence-corrected chi connectivity index (χ4v) is 2.28. The van der Waals surface area contributed by atoms with Crippen molar-refractivity contribution in [2.24, 2.45) is 0 Å². The standard InChI is InChI=1S/C11H9BrN4O4/c1-2-8-10(11(17)18)13-14-15(8)6-3-4-9(16(19)20)7(12)5-6/h3-5H,2H2,1H3,(H,17,18). The summed E-state index contributed by atoms with van der Waals surface area (Å²) in [6.07, 6.45) is 0.420.